The molecule has 1 heterocycles. The molecule has 1 aliphatic heterocycles. The molecule has 0 saturated carbocycles. The second-order valence-electron chi connectivity index (χ2n) is 10.1. The number of hydrazine groups is 1. The van der Waals surface area contributed by atoms with Gasteiger partial charge in [-0.25, -0.2) is 23.6 Å². The Bertz CT molecular complexity index is 1360. The van der Waals surface area contributed by atoms with Crippen molar-refractivity contribution >= 4 is 18.3 Å². The number of carbonyl (C=O) groups excluding carboxylic acids is 3. The highest BCUT2D eigenvalue weighted by Gasteiger charge is 2.43. The van der Waals surface area contributed by atoms with Crippen LogP contribution in [0.5, 0.6) is 5.75 Å². The van der Waals surface area contributed by atoms with E-state index in [4.69, 9.17) is 0 Å². The lowest BCUT2D eigenvalue weighted by atomic mass is 10.0. The van der Waals surface area contributed by atoms with Crippen molar-refractivity contribution in [3.8, 4) is 5.75 Å². The summed E-state index contributed by atoms with van der Waals surface area (Å²) in [4.78, 5) is 42.0. The molecule has 3 aromatic rings. The lowest BCUT2D eigenvalue weighted by Crippen LogP contribution is -2.71. The van der Waals surface area contributed by atoms with Crippen LogP contribution in [0.2, 0.25) is 0 Å². The number of phenols is 1. The highest BCUT2D eigenvalue weighted by Crippen LogP contribution is 2.24. The number of hydrogen-bond donors (Lipinski definition) is 2. The van der Waals surface area contributed by atoms with Gasteiger partial charge in [-0.1, -0.05) is 48.5 Å². The molecule has 41 heavy (non-hydrogen) atoms. The quantitative estimate of drug-likeness (QED) is 0.367. The number of rotatable bonds is 10. The van der Waals surface area contributed by atoms with Gasteiger partial charge in [-0.2, -0.15) is 0 Å². The maximum atomic E-state index is 14.4. The number of nitrogens with one attached hydrogen (secondary N) is 1. The number of amides is 4. The van der Waals surface area contributed by atoms with Crippen molar-refractivity contribution in [3.05, 3.63) is 101 Å². The van der Waals surface area contributed by atoms with E-state index in [1.54, 1.807) is 36.2 Å². The molecule has 1 unspecified atom stereocenters. The van der Waals surface area contributed by atoms with Crippen molar-refractivity contribution in [1.29, 1.82) is 0 Å². The SMILES string of the molecule is C[C@H](Cc1ccc(O)cc1)N1C(=O)CN(C)N(C(=O)NCc2ccccc2)C1CN(C=O)Cc1ccc(F)cc1F. The van der Waals surface area contributed by atoms with Crippen LogP contribution in [-0.4, -0.2) is 75.6 Å². The Kier molecular flexibility index (Phi) is 9.51. The summed E-state index contributed by atoms with van der Waals surface area (Å²) in [5.41, 5.74) is 1.84. The predicted octanol–water partition coefficient (Wildman–Crippen LogP) is 3.49. The fourth-order valence-corrected chi connectivity index (χ4v) is 5.01. The molecule has 1 fully saturated rings. The van der Waals surface area contributed by atoms with Crippen LogP contribution in [0.3, 0.4) is 0 Å². The maximum absolute atomic E-state index is 14.4. The smallest absolute Gasteiger partial charge is 0.334 e. The predicted molar refractivity (Wildman–Crippen MR) is 148 cm³/mol. The van der Waals surface area contributed by atoms with Crippen molar-refractivity contribution in [3.63, 3.8) is 0 Å². The minimum atomic E-state index is -0.933. The normalized spacial score (nSPS) is 16.4. The van der Waals surface area contributed by atoms with Gasteiger partial charge in [0.2, 0.25) is 12.3 Å². The van der Waals surface area contributed by atoms with E-state index in [-0.39, 0.29) is 43.4 Å². The Morgan fingerprint density at radius 3 is 2.46 bits per heavy atom. The third-order valence-corrected chi connectivity index (χ3v) is 7.00. The highest BCUT2D eigenvalue weighted by atomic mass is 19.1. The van der Waals surface area contributed by atoms with Crippen LogP contribution in [0, 0.1) is 11.6 Å². The summed E-state index contributed by atoms with van der Waals surface area (Å²) in [5.74, 6) is -1.68. The fraction of sp³-hybridized carbons (Fsp3) is 0.300. The van der Waals surface area contributed by atoms with Gasteiger partial charge in [-0.05, 0) is 42.7 Å². The Morgan fingerprint density at radius 2 is 1.80 bits per heavy atom. The van der Waals surface area contributed by atoms with E-state index in [2.05, 4.69) is 5.32 Å². The first-order valence-corrected chi connectivity index (χ1v) is 13.2. The van der Waals surface area contributed by atoms with Crippen molar-refractivity contribution in [2.45, 2.75) is 38.6 Å². The molecule has 2 N–H and O–H groups in total. The van der Waals surface area contributed by atoms with Crippen LogP contribution >= 0.6 is 0 Å². The molecular formula is C30H33F2N5O4. The minimum Gasteiger partial charge on any atom is -0.508 e. The first-order valence-electron chi connectivity index (χ1n) is 13.2. The Balaban J connectivity index is 1.63. The molecule has 216 valence electrons. The molecule has 0 spiro atoms. The number of hydrogen-bond acceptors (Lipinski definition) is 5. The zero-order valence-corrected chi connectivity index (χ0v) is 22.9. The first kappa shape index (κ1) is 29.5. The van der Waals surface area contributed by atoms with Crippen molar-refractivity contribution in [1.82, 2.24) is 25.1 Å². The van der Waals surface area contributed by atoms with Crippen molar-refractivity contribution < 1.29 is 28.3 Å². The van der Waals surface area contributed by atoms with Crippen LogP contribution in [0.4, 0.5) is 13.6 Å². The number of halogens is 2. The van der Waals surface area contributed by atoms with E-state index >= 15 is 0 Å². The van der Waals surface area contributed by atoms with E-state index in [1.165, 1.54) is 21.0 Å². The van der Waals surface area contributed by atoms with E-state index in [9.17, 15) is 28.3 Å². The van der Waals surface area contributed by atoms with Gasteiger partial charge in [-0.3, -0.25) is 9.59 Å². The monoisotopic (exact) mass is 565 g/mol. The van der Waals surface area contributed by atoms with Gasteiger partial charge in [0.05, 0.1) is 13.1 Å². The second kappa shape index (κ2) is 13.2. The summed E-state index contributed by atoms with van der Waals surface area (Å²) in [5, 5.41) is 15.4. The van der Waals surface area contributed by atoms with E-state index in [0.717, 1.165) is 23.3 Å². The first-order chi connectivity index (χ1) is 19.7. The van der Waals surface area contributed by atoms with Crippen LogP contribution in [0.1, 0.15) is 23.6 Å². The lowest BCUT2D eigenvalue weighted by molar-refractivity contribution is -0.170. The molecule has 1 aliphatic rings. The summed E-state index contributed by atoms with van der Waals surface area (Å²) in [6, 6.07) is 18.2. The van der Waals surface area contributed by atoms with Gasteiger partial charge in [0.15, 0.2) is 0 Å². The third-order valence-electron chi connectivity index (χ3n) is 7.00. The summed E-state index contributed by atoms with van der Waals surface area (Å²) in [6.45, 7) is 1.68. The Morgan fingerprint density at radius 1 is 1.10 bits per heavy atom. The van der Waals surface area contributed by atoms with E-state index < -0.39 is 29.9 Å². The number of aromatic hydroxyl groups is 1. The standard InChI is InChI=1S/C30H33F2N5O4/c1-21(14-22-8-12-26(39)13-9-22)36-28(18-35(20-38)17-24-10-11-25(31)15-27(24)32)37(34(2)19-29(36)40)30(41)33-16-23-6-4-3-5-7-23/h3-13,15,20-21,28,39H,14,16-19H2,1-2H3,(H,33,41)/t21-,28?/m1/s1. The minimum absolute atomic E-state index is 0.0805. The number of benzene rings is 3. The largest absolute Gasteiger partial charge is 0.508 e. The summed E-state index contributed by atoms with van der Waals surface area (Å²) in [7, 11) is 1.61. The summed E-state index contributed by atoms with van der Waals surface area (Å²) >= 11 is 0. The lowest BCUT2D eigenvalue weighted by Gasteiger charge is -2.50. The molecule has 4 rings (SSSR count). The molecule has 0 aromatic heterocycles. The third kappa shape index (κ3) is 7.37. The fourth-order valence-electron chi connectivity index (χ4n) is 5.01. The molecule has 4 amide bonds. The van der Waals surface area contributed by atoms with E-state index in [0.29, 0.717) is 12.8 Å². The summed E-state index contributed by atoms with van der Waals surface area (Å²) in [6.07, 6.45) is 0.00211. The van der Waals surface area contributed by atoms with Gasteiger partial charge in [-0.15, -0.1) is 0 Å². The molecule has 0 aliphatic carbocycles. The zero-order chi connectivity index (χ0) is 29.5. The van der Waals surface area contributed by atoms with Gasteiger partial charge < -0.3 is 20.2 Å². The average molecular weight is 566 g/mol. The molecule has 3 aromatic carbocycles. The Labute approximate surface area is 237 Å². The van der Waals surface area contributed by atoms with Gasteiger partial charge in [0, 0.05) is 37.8 Å². The number of urea groups is 1. The number of carbonyl (C=O) groups is 3. The Hall–Kier alpha value is -4.51. The van der Waals surface area contributed by atoms with Crippen LogP contribution in [-0.2, 0) is 29.1 Å². The van der Waals surface area contributed by atoms with Gasteiger partial charge >= 0.3 is 6.03 Å². The van der Waals surface area contributed by atoms with Crippen molar-refractivity contribution in [2.24, 2.45) is 0 Å². The number of likely N-dealkylation sites (N-methyl/N-ethyl adjacent to an activating group) is 1. The molecule has 0 radical (unpaired) electrons. The number of nitrogens with zero attached hydrogens (tertiary/aromatic N) is 4. The molecule has 9 nitrogen and oxygen atoms in total. The van der Waals surface area contributed by atoms with Crippen LogP contribution in [0.15, 0.2) is 72.8 Å². The maximum Gasteiger partial charge on any atom is 0.334 e. The average Bonchev–Trinajstić information content (AvgIpc) is 2.94. The van der Waals surface area contributed by atoms with Gasteiger partial charge in [0.1, 0.15) is 23.5 Å². The van der Waals surface area contributed by atoms with E-state index in [1.807, 2.05) is 37.3 Å². The molecule has 11 heteroatoms. The van der Waals surface area contributed by atoms with Crippen LogP contribution in [0.25, 0.3) is 0 Å². The van der Waals surface area contributed by atoms with Crippen LogP contribution < -0.4 is 5.32 Å². The molecule has 0 bridgehead atoms. The van der Waals surface area contributed by atoms with Gasteiger partial charge in [0.25, 0.3) is 0 Å². The number of phenolic OH excluding ortho intramolecular Hbond substituents is 1. The molecule has 2 atom stereocenters. The zero-order valence-electron chi connectivity index (χ0n) is 22.9. The second-order valence-corrected chi connectivity index (χ2v) is 10.1. The molecule has 1 saturated heterocycles. The summed E-state index contributed by atoms with van der Waals surface area (Å²) < 4.78 is 27.9. The molecular weight excluding hydrogens is 532 g/mol. The highest BCUT2D eigenvalue weighted by molar-refractivity contribution is 5.82. The topological polar surface area (TPSA) is 96.4 Å². The van der Waals surface area contributed by atoms with Crippen molar-refractivity contribution in [2.75, 3.05) is 20.1 Å².